The highest BCUT2D eigenvalue weighted by molar-refractivity contribution is 8.00. The number of hydrogen-bond acceptors (Lipinski definition) is 7. The first-order valence-corrected chi connectivity index (χ1v) is 11.3. The quantitative estimate of drug-likeness (QED) is 0.223. The van der Waals surface area contributed by atoms with Gasteiger partial charge in [0, 0.05) is 27.8 Å². The zero-order valence-electron chi connectivity index (χ0n) is 16.2. The maximum atomic E-state index is 9.35. The molecular weight excluding hydrogens is 424 g/mol. The molecule has 5 nitrogen and oxygen atoms in total. The number of aromatic nitrogens is 2. The number of thioether (sulfide) groups is 1. The molecule has 1 atom stereocenters. The van der Waals surface area contributed by atoms with E-state index < -0.39 is 0 Å². The van der Waals surface area contributed by atoms with Gasteiger partial charge < -0.3 is 15.1 Å². The number of nitrogens with one attached hydrogen (secondary N) is 2. The Kier molecular flexibility index (Phi) is 8.06. The van der Waals surface area contributed by atoms with Crippen LogP contribution in [0.5, 0.6) is 0 Å². The molecule has 0 saturated carbocycles. The molecule has 0 aliphatic carbocycles. The average Bonchev–Trinajstić information content (AvgIpc) is 2.74. The fraction of sp³-hybridized carbons (Fsp3) is 0.238. The van der Waals surface area contributed by atoms with Gasteiger partial charge in [-0.2, -0.15) is 0 Å². The molecule has 2 aromatic carbocycles. The van der Waals surface area contributed by atoms with E-state index in [-0.39, 0.29) is 12.6 Å². The molecular formula is C21H23ClN4OS2. The Balaban J connectivity index is 1.76. The van der Waals surface area contributed by atoms with Crippen molar-refractivity contribution >= 4 is 46.9 Å². The number of halogens is 1. The van der Waals surface area contributed by atoms with Crippen molar-refractivity contribution in [3.8, 4) is 0 Å². The van der Waals surface area contributed by atoms with Crippen LogP contribution in [-0.4, -0.2) is 27.7 Å². The van der Waals surface area contributed by atoms with Gasteiger partial charge in [-0.05, 0) is 49.1 Å². The Morgan fingerprint density at radius 2 is 1.83 bits per heavy atom. The number of aliphatic hydroxyl groups is 1. The van der Waals surface area contributed by atoms with Crippen LogP contribution < -0.4 is 10.0 Å². The highest BCUT2D eigenvalue weighted by Gasteiger charge is 2.10. The van der Waals surface area contributed by atoms with Crippen molar-refractivity contribution in [2.45, 2.75) is 35.7 Å². The Bertz CT molecular complexity index is 943. The van der Waals surface area contributed by atoms with Gasteiger partial charge in [-0.25, -0.2) is 9.97 Å². The van der Waals surface area contributed by atoms with Gasteiger partial charge in [0.2, 0.25) is 0 Å². The Hall–Kier alpha value is -1.93. The van der Waals surface area contributed by atoms with Gasteiger partial charge >= 0.3 is 0 Å². The fourth-order valence-corrected chi connectivity index (χ4v) is 4.21. The van der Waals surface area contributed by atoms with E-state index in [1.54, 1.807) is 11.8 Å². The SMILES string of the molecule is Cc1c(Cl)cccc1SNc1cc(N[C@H](C)CO)nc(SCc2ccccc2)n1. The summed E-state index contributed by atoms with van der Waals surface area (Å²) in [5.41, 5.74) is 2.23. The summed E-state index contributed by atoms with van der Waals surface area (Å²) in [6.45, 7) is 3.91. The largest absolute Gasteiger partial charge is 0.394 e. The second-order valence-corrected chi connectivity index (χ2v) is 8.69. The summed E-state index contributed by atoms with van der Waals surface area (Å²) < 4.78 is 3.29. The van der Waals surface area contributed by atoms with Crippen LogP contribution in [-0.2, 0) is 5.75 Å². The van der Waals surface area contributed by atoms with Crippen molar-refractivity contribution < 1.29 is 5.11 Å². The zero-order valence-corrected chi connectivity index (χ0v) is 18.6. The molecule has 3 rings (SSSR count). The predicted molar refractivity (Wildman–Crippen MR) is 124 cm³/mol. The molecule has 3 N–H and O–H groups in total. The van der Waals surface area contributed by atoms with Crippen LogP contribution in [0.2, 0.25) is 5.02 Å². The minimum absolute atomic E-state index is 0.0235. The Morgan fingerprint density at radius 3 is 2.59 bits per heavy atom. The maximum absolute atomic E-state index is 9.35. The standard InChI is InChI=1S/C21H23ClN4OS2/c1-14(12-27)23-19-11-20(26-29-18-10-6-9-17(22)15(18)2)25-21(24-19)28-13-16-7-4-3-5-8-16/h3-11,14,27H,12-13H2,1-2H3,(H2,23,24,25,26)/t14-/m1/s1. The van der Waals surface area contributed by atoms with Crippen molar-refractivity contribution in [1.82, 2.24) is 9.97 Å². The summed E-state index contributed by atoms with van der Waals surface area (Å²) in [5, 5.41) is 14.0. The second kappa shape index (κ2) is 10.7. The monoisotopic (exact) mass is 446 g/mol. The van der Waals surface area contributed by atoms with Crippen LogP contribution in [0.3, 0.4) is 0 Å². The van der Waals surface area contributed by atoms with E-state index in [0.717, 1.165) is 21.2 Å². The number of hydrogen-bond donors (Lipinski definition) is 3. The van der Waals surface area contributed by atoms with Crippen LogP contribution in [0.4, 0.5) is 11.6 Å². The van der Waals surface area contributed by atoms with Crippen molar-refractivity contribution in [3.05, 3.63) is 70.7 Å². The van der Waals surface area contributed by atoms with Gasteiger partial charge in [-0.3, -0.25) is 0 Å². The summed E-state index contributed by atoms with van der Waals surface area (Å²) in [6.07, 6.45) is 0. The van der Waals surface area contributed by atoms with E-state index in [2.05, 4.69) is 32.1 Å². The van der Waals surface area contributed by atoms with Crippen molar-refractivity contribution in [2.75, 3.05) is 16.6 Å². The number of aliphatic hydroxyl groups excluding tert-OH is 1. The van der Waals surface area contributed by atoms with Crippen LogP contribution in [0.15, 0.2) is 64.6 Å². The molecule has 1 heterocycles. The van der Waals surface area contributed by atoms with Crippen molar-refractivity contribution in [3.63, 3.8) is 0 Å². The highest BCUT2D eigenvalue weighted by atomic mass is 35.5. The van der Waals surface area contributed by atoms with E-state index in [4.69, 9.17) is 11.6 Å². The van der Waals surface area contributed by atoms with Crippen LogP contribution in [0.1, 0.15) is 18.1 Å². The van der Waals surface area contributed by atoms with Gasteiger partial charge in [-0.1, -0.05) is 59.8 Å². The van der Waals surface area contributed by atoms with E-state index in [1.165, 1.54) is 17.5 Å². The lowest BCUT2D eigenvalue weighted by molar-refractivity contribution is 0.281. The smallest absolute Gasteiger partial charge is 0.191 e. The number of nitrogens with zero attached hydrogens (tertiary/aromatic N) is 2. The van der Waals surface area contributed by atoms with Gasteiger partial charge in [-0.15, -0.1) is 0 Å². The number of anilines is 2. The van der Waals surface area contributed by atoms with Crippen molar-refractivity contribution in [2.24, 2.45) is 0 Å². The third kappa shape index (κ3) is 6.54. The normalized spacial score (nSPS) is 11.9. The summed E-state index contributed by atoms with van der Waals surface area (Å²) in [6, 6.07) is 17.8. The van der Waals surface area contributed by atoms with Crippen LogP contribution >= 0.6 is 35.3 Å². The first-order chi connectivity index (χ1) is 14.0. The van der Waals surface area contributed by atoms with E-state index in [1.807, 2.05) is 56.3 Å². The zero-order chi connectivity index (χ0) is 20.6. The van der Waals surface area contributed by atoms with Gasteiger partial charge in [0.05, 0.1) is 6.61 Å². The lowest BCUT2D eigenvalue weighted by atomic mass is 10.2. The molecule has 0 aliphatic heterocycles. The summed E-state index contributed by atoms with van der Waals surface area (Å²) in [7, 11) is 0. The summed E-state index contributed by atoms with van der Waals surface area (Å²) in [5.74, 6) is 2.13. The molecule has 0 saturated heterocycles. The lowest BCUT2D eigenvalue weighted by Gasteiger charge is -2.14. The van der Waals surface area contributed by atoms with E-state index in [9.17, 15) is 5.11 Å². The van der Waals surface area contributed by atoms with E-state index >= 15 is 0 Å². The minimum atomic E-state index is -0.104. The van der Waals surface area contributed by atoms with E-state index in [0.29, 0.717) is 16.8 Å². The second-order valence-electron chi connectivity index (χ2n) is 6.49. The molecule has 8 heteroatoms. The minimum Gasteiger partial charge on any atom is -0.394 e. The highest BCUT2D eigenvalue weighted by Crippen LogP contribution is 2.30. The molecule has 0 fully saturated rings. The molecule has 0 spiro atoms. The Morgan fingerprint density at radius 1 is 1.07 bits per heavy atom. The fourth-order valence-electron chi connectivity index (χ4n) is 2.44. The molecule has 29 heavy (non-hydrogen) atoms. The molecule has 0 unspecified atom stereocenters. The first-order valence-electron chi connectivity index (χ1n) is 9.16. The van der Waals surface area contributed by atoms with Gasteiger partial charge in [0.15, 0.2) is 5.16 Å². The number of rotatable bonds is 9. The summed E-state index contributed by atoms with van der Waals surface area (Å²) in [4.78, 5) is 10.3. The Labute approximate surface area is 184 Å². The van der Waals surface area contributed by atoms with Gasteiger partial charge in [0.1, 0.15) is 11.6 Å². The number of benzene rings is 2. The summed E-state index contributed by atoms with van der Waals surface area (Å²) >= 11 is 9.24. The topological polar surface area (TPSA) is 70.1 Å². The van der Waals surface area contributed by atoms with Crippen molar-refractivity contribution in [1.29, 1.82) is 0 Å². The molecule has 3 aromatic rings. The van der Waals surface area contributed by atoms with Crippen LogP contribution in [0.25, 0.3) is 0 Å². The first kappa shape index (κ1) is 21.8. The molecule has 152 valence electrons. The third-order valence-corrected chi connectivity index (χ3v) is 6.37. The average molecular weight is 447 g/mol. The lowest BCUT2D eigenvalue weighted by Crippen LogP contribution is -2.20. The maximum Gasteiger partial charge on any atom is 0.191 e. The van der Waals surface area contributed by atoms with Gasteiger partial charge in [0.25, 0.3) is 0 Å². The molecule has 1 aromatic heterocycles. The molecule has 0 radical (unpaired) electrons. The molecule has 0 bridgehead atoms. The predicted octanol–water partition coefficient (Wildman–Crippen LogP) is 5.64. The third-order valence-electron chi connectivity index (χ3n) is 4.07. The van der Waals surface area contributed by atoms with Crippen LogP contribution in [0, 0.1) is 6.92 Å². The molecule has 0 aliphatic rings. The molecule has 0 amide bonds.